The fourth-order valence-electron chi connectivity index (χ4n) is 2.01. The lowest BCUT2D eigenvalue weighted by molar-refractivity contribution is -0.136. The number of benzene rings is 1. The van der Waals surface area contributed by atoms with Gasteiger partial charge < -0.3 is 10.6 Å². The van der Waals surface area contributed by atoms with E-state index in [2.05, 4.69) is 22.3 Å². The van der Waals surface area contributed by atoms with Crippen molar-refractivity contribution >= 4 is 23.8 Å². The Morgan fingerprint density at radius 2 is 2.11 bits per heavy atom. The van der Waals surface area contributed by atoms with E-state index in [0.29, 0.717) is 16.9 Å². The molecule has 0 saturated carbocycles. The quantitative estimate of drug-likeness (QED) is 0.796. The molecule has 1 aliphatic heterocycles. The molecular weight excluding hydrogens is 243 g/mol. The molecule has 18 heavy (non-hydrogen) atoms. The van der Waals surface area contributed by atoms with Crippen LogP contribution in [0, 0.1) is 0 Å². The second-order valence-electron chi connectivity index (χ2n) is 3.79. The topological polar surface area (TPSA) is 36.4 Å². The van der Waals surface area contributed by atoms with Crippen LogP contribution in [0.25, 0.3) is 5.70 Å². The molecule has 2 N–H and O–H groups in total. The highest BCUT2D eigenvalue weighted by Crippen LogP contribution is 2.43. The minimum Gasteiger partial charge on any atom is -0.386 e. The van der Waals surface area contributed by atoms with Gasteiger partial charge in [-0.25, -0.2) is 0 Å². The van der Waals surface area contributed by atoms with Crippen molar-refractivity contribution in [2.24, 2.45) is 4.99 Å². The van der Waals surface area contributed by atoms with Crippen molar-refractivity contribution in [1.82, 2.24) is 0 Å². The molecule has 0 aromatic heterocycles. The zero-order valence-corrected chi connectivity index (χ0v) is 9.73. The maximum Gasteiger partial charge on any atom is 0.418 e. The van der Waals surface area contributed by atoms with Gasteiger partial charge in [0.2, 0.25) is 0 Å². The normalized spacial score (nSPS) is 14.3. The zero-order valence-electron chi connectivity index (χ0n) is 9.73. The van der Waals surface area contributed by atoms with E-state index in [1.165, 1.54) is 6.07 Å². The summed E-state index contributed by atoms with van der Waals surface area (Å²) in [6.07, 6.45) is -2.69. The number of nitrogens with zero attached hydrogens (tertiary/aromatic N) is 1. The van der Waals surface area contributed by atoms with Gasteiger partial charge in [0.05, 0.1) is 22.6 Å². The van der Waals surface area contributed by atoms with Gasteiger partial charge in [-0.1, -0.05) is 0 Å². The smallest absolute Gasteiger partial charge is 0.386 e. The van der Waals surface area contributed by atoms with Gasteiger partial charge in [-0.15, -0.1) is 0 Å². The molecule has 0 amide bonds. The Labute approximate surface area is 102 Å². The molecule has 96 valence electrons. The van der Waals surface area contributed by atoms with Crippen LogP contribution in [0.3, 0.4) is 0 Å². The highest BCUT2D eigenvalue weighted by molar-refractivity contribution is 5.89. The number of aliphatic imine (C=N–C) groups is 1. The molecule has 0 unspecified atom stereocenters. The molecule has 2 rings (SSSR count). The Morgan fingerprint density at radius 1 is 1.39 bits per heavy atom. The first-order valence-electron chi connectivity index (χ1n) is 5.32. The first kappa shape index (κ1) is 12.5. The molecule has 1 aromatic carbocycles. The summed E-state index contributed by atoms with van der Waals surface area (Å²) >= 11 is 0. The molecule has 1 aromatic rings. The maximum atomic E-state index is 12.9. The molecule has 0 radical (unpaired) electrons. The van der Waals surface area contributed by atoms with E-state index in [1.54, 1.807) is 13.1 Å². The van der Waals surface area contributed by atoms with Crippen molar-refractivity contribution in [3.8, 4) is 0 Å². The fourth-order valence-corrected chi connectivity index (χ4v) is 2.01. The van der Waals surface area contributed by atoms with Crippen LogP contribution in [0.15, 0.2) is 23.2 Å². The zero-order chi connectivity index (χ0) is 13.3. The van der Waals surface area contributed by atoms with Crippen molar-refractivity contribution in [1.29, 1.82) is 0 Å². The van der Waals surface area contributed by atoms with Crippen LogP contribution in [0.2, 0.25) is 0 Å². The SMILES string of the molecule is C=NC1=CCNc2c(C(F)(F)F)ccc1c2NC. The number of anilines is 2. The molecule has 0 aliphatic carbocycles. The van der Waals surface area contributed by atoms with E-state index < -0.39 is 11.7 Å². The van der Waals surface area contributed by atoms with Gasteiger partial charge in [-0.2, -0.15) is 13.2 Å². The summed E-state index contributed by atoms with van der Waals surface area (Å²) in [4.78, 5) is 3.83. The van der Waals surface area contributed by atoms with Gasteiger partial charge in [0, 0.05) is 19.2 Å². The van der Waals surface area contributed by atoms with Gasteiger partial charge in [-0.05, 0) is 24.9 Å². The average Bonchev–Trinajstić information content (AvgIpc) is 2.42. The maximum absolute atomic E-state index is 12.9. The lowest BCUT2D eigenvalue weighted by Gasteiger charge is -2.18. The summed E-state index contributed by atoms with van der Waals surface area (Å²) in [7, 11) is 1.58. The minimum atomic E-state index is -4.39. The number of halogens is 3. The second kappa shape index (κ2) is 4.36. The summed E-state index contributed by atoms with van der Waals surface area (Å²) in [5.41, 5.74) is 0.938. The summed E-state index contributed by atoms with van der Waals surface area (Å²) in [6, 6.07) is 2.47. The van der Waals surface area contributed by atoms with Crippen molar-refractivity contribution in [3.63, 3.8) is 0 Å². The Kier molecular flexibility index (Phi) is 3.02. The van der Waals surface area contributed by atoms with E-state index in [1.807, 2.05) is 0 Å². The van der Waals surface area contributed by atoms with Crippen LogP contribution in [-0.4, -0.2) is 20.3 Å². The molecule has 0 fully saturated rings. The third kappa shape index (κ3) is 1.94. The molecule has 1 heterocycles. The second-order valence-corrected chi connectivity index (χ2v) is 3.79. The number of fused-ring (bicyclic) bond motifs is 2. The number of rotatable bonds is 2. The highest BCUT2D eigenvalue weighted by atomic mass is 19.4. The van der Waals surface area contributed by atoms with Gasteiger partial charge in [0.1, 0.15) is 0 Å². The van der Waals surface area contributed by atoms with Crippen LogP contribution in [0.5, 0.6) is 0 Å². The molecular formula is C12H12F3N3. The number of hydrogen-bond acceptors (Lipinski definition) is 3. The molecule has 2 bridgehead atoms. The number of hydrogen-bond donors (Lipinski definition) is 2. The van der Waals surface area contributed by atoms with Gasteiger partial charge in [0.15, 0.2) is 0 Å². The Hall–Kier alpha value is -1.98. The van der Waals surface area contributed by atoms with Crippen LogP contribution in [0.1, 0.15) is 11.1 Å². The minimum absolute atomic E-state index is 0.0531. The first-order chi connectivity index (χ1) is 8.49. The van der Waals surface area contributed by atoms with Crippen molar-refractivity contribution < 1.29 is 13.2 Å². The van der Waals surface area contributed by atoms with Crippen LogP contribution in [0.4, 0.5) is 24.5 Å². The molecule has 0 atom stereocenters. The molecule has 3 nitrogen and oxygen atoms in total. The van der Waals surface area contributed by atoms with Gasteiger partial charge in [-0.3, -0.25) is 4.99 Å². The van der Waals surface area contributed by atoms with Gasteiger partial charge in [0.25, 0.3) is 0 Å². The summed E-state index contributed by atoms with van der Waals surface area (Å²) in [6.45, 7) is 3.71. The molecule has 0 spiro atoms. The van der Waals surface area contributed by atoms with Crippen LogP contribution in [-0.2, 0) is 6.18 Å². The monoisotopic (exact) mass is 255 g/mol. The summed E-state index contributed by atoms with van der Waals surface area (Å²) < 4.78 is 38.7. The van der Waals surface area contributed by atoms with Crippen molar-refractivity contribution in [2.45, 2.75) is 6.18 Å². The molecule has 6 heteroatoms. The van der Waals surface area contributed by atoms with Crippen molar-refractivity contribution in [2.75, 3.05) is 24.2 Å². The Balaban J connectivity index is 2.70. The standard InChI is InChI=1S/C12H12F3N3/c1-16-9-5-6-18-11-8(12(13,14)15)4-3-7(9)10(11)17-2/h3-5,17-18H,1,6H2,2H3. The predicted octanol–water partition coefficient (Wildman–Crippen LogP) is 3.21. The van der Waals surface area contributed by atoms with E-state index in [4.69, 9.17) is 0 Å². The van der Waals surface area contributed by atoms with E-state index in [-0.39, 0.29) is 12.2 Å². The van der Waals surface area contributed by atoms with Crippen LogP contribution < -0.4 is 10.6 Å². The summed E-state index contributed by atoms with van der Waals surface area (Å²) in [5.74, 6) is 0. The number of alkyl halides is 3. The third-order valence-corrected chi connectivity index (χ3v) is 2.78. The predicted molar refractivity (Wildman–Crippen MR) is 67.0 cm³/mol. The van der Waals surface area contributed by atoms with E-state index in [9.17, 15) is 13.2 Å². The van der Waals surface area contributed by atoms with E-state index >= 15 is 0 Å². The highest BCUT2D eigenvalue weighted by Gasteiger charge is 2.35. The first-order valence-corrected chi connectivity index (χ1v) is 5.32. The molecule has 1 aliphatic rings. The van der Waals surface area contributed by atoms with E-state index in [0.717, 1.165) is 6.07 Å². The lowest BCUT2D eigenvalue weighted by atomic mass is 10.0. The lowest BCUT2D eigenvalue weighted by Crippen LogP contribution is -2.12. The Bertz CT molecular complexity index is 518. The molecule has 0 saturated heterocycles. The summed E-state index contributed by atoms with van der Waals surface area (Å²) in [5, 5.41) is 5.55. The van der Waals surface area contributed by atoms with Crippen molar-refractivity contribution in [3.05, 3.63) is 29.3 Å². The van der Waals surface area contributed by atoms with Crippen LogP contribution >= 0.6 is 0 Å². The average molecular weight is 255 g/mol. The Morgan fingerprint density at radius 3 is 2.67 bits per heavy atom. The fraction of sp³-hybridized carbons (Fsp3) is 0.250. The largest absolute Gasteiger partial charge is 0.418 e. The number of nitrogens with one attached hydrogen (secondary N) is 2. The van der Waals surface area contributed by atoms with Gasteiger partial charge >= 0.3 is 6.18 Å². The third-order valence-electron chi connectivity index (χ3n) is 2.78.